The van der Waals surface area contributed by atoms with Gasteiger partial charge in [0.15, 0.2) is 6.61 Å². The highest BCUT2D eigenvalue weighted by molar-refractivity contribution is 5.89. The minimum absolute atomic E-state index is 0.149. The Morgan fingerprint density at radius 3 is 2.46 bits per heavy atom. The quantitative estimate of drug-likeness (QED) is 0.670. The van der Waals surface area contributed by atoms with Gasteiger partial charge in [-0.25, -0.2) is 4.79 Å². The molecule has 0 saturated carbocycles. The van der Waals surface area contributed by atoms with Gasteiger partial charge in [-0.3, -0.25) is 0 Å². The van der Waals surface area contributed by atoms with Crippen molar-refractivity contribution in [1.82, 2.24) is 10.1 Å². The van der Waals surface area contributed by atoms with Crippen LogP contribution in [0.2, 0.25) is 0 Å². The molecule has 0 atom stereocenters. The summed E-state index contributed by atoms with van der Waals surface area (Å²) in [6.07, 6.45) is 0. The zero-order valence-electron chi connectivity index (χ0n) is 13.4. The molecule has 0 saturated heterocycles. The van der Waals surface area contributed by atoms with Crippen molar-refractivity contribution in [3.63, 3.8) is 0 Å². The normalized spacial score (nSPS) is 10.4. The Morgan fingerprint density at radius 2 is 1.79 bits per heavy atom. The number of nitrogens with zero attached hydrogens (tertiary/aromatic N) is 2. The van der Waals surface area contributed by atoms with Crippen molar-refractivity contribution < 1.29 is 18.8 Å². The predicted octanol–water partition coefficient (Wildman–Crippen LogP) is 3.41. The molecule has 6 heteroatoms. The largest absolute Gasteiger partial charge is 0.484 e. The molecular weight excluding hydrogens is 308 g/mol. The molecule has 1 aromatic heterocycles. The Balaban J connectivity index is 1.63. The van der Waals surface area contributed by atoms with Crippen molar-refractivity contribution in [3.05, 3.63) is 65.5 Å². The maximum atomic E-state index is 11.4. The van der Waals surface area contributed by atoms with E-state index in [0.717, 1.165) is 5.56 Å². The molecule has 6 nitrogen and oxygen atoms in total. The number of carbonyl (C=O) groups is 1. The summed E-state index contributed by atoms with van der Waals surface area (Å²) in [5.41, 5.74) is 2.52. The standard InChI is InChI=1S/C18H16N2O4/c1-12-3-5-13(6-4-12)17-19-16(24-20-17)11-23-15-9-7-14(8-10-15)18(21)22-2/h3-10H,11H2,1-2H3. The first kappa shape index (κ1) is 15.7. The maximum Gasteiger partial charge on any atom is 0.337 e. The van der Waals surface area contributed by atoms with E-state index in [4.69, 9.17) is 9.26 Å². The fourth-order valence-corrected chi connectivity index (χ4v) is 2.08. The lowest BCUT2D eigenvalue weighted by Crippen LogP contribution is -2.01. The van der Waals surface area contributed by atoms with Crippen molar-refractivity contribution >= 4 is 5.97 Å². The molecule has 1 heterocycles. The number of ether oxygens (including phenoxy) is 2. The molecule has 0 bridgehead atoms. The molecule has 2 aromatic carbocycles. The molecule has 3 rings (SSSR count). The molecule has 0 radical (unpaired) electrons. The summed E-state index contributed by atoms with van der Waals surface area (Å²) in [5.74, 6) is 1.11. The Morgan fingerprint density at radius 1 is 1.08 bits per heavy atom. The fraction of sp³-hybridized carbons (Fsp3) is 0.167. The third-order valence-corrected chi connectivity index (χ3v) is 3.42. The number of hydrogen-bond acceptors (Lipinski definition) is 6. The Hall–Kier alpha value is -3.15. The summed E-state index contributed by atoms with van der Waals surface area (Å²) in [7, 11) is 1.34. The molecule has 0 fully saturated rings. The van der Waals surface area contributed by atoms with Crippen LogP contribution in [0.4, 0.5) is 0 Å². The minimum atomic E-state index is -0.388. The monoisotopic (exact) mass is 324 g/mol. The first-order chi connectivity index (χ1) is 11.7. The highest BCUT2D eigenvalue weighted by Crippen LogP contribution is 2.18. The molecule has 0 aliphatic carbocycles. The third-order valence-electron chi connectivity index (χ3n) is 3.42. The van der Waals surface area contributed by atoms with Gasteiger partial charge in [-0.2, -0.15) is 4.98 Å². The van der Waals surface area contributed by atoms with Gasteiger partial charge in [-0.05, 0) is 31.2 Å². The van der Waals surface area contributed by atoms with Gasteiger partial charge in [0, 0.05) is 5.56 Å². The highest BCUT2D eigenvalue weighted by Gasteiger charge is 2.10. The third kappa shape index (κ3) is 3.60. The lowest BCUT2D eigenvalue weighted by molar-refractivity contribution is 0.0600. The summed E-state index contributed by atoms with van der Waals surface area (Å²) in [6, 6.07) is 14.5. The van der Waals surface area contributed by atoms with Gasteiger partial charge in [0.2, 0.25) is 5.82 Å². The number of rotatable bonds is 5. The highest BCUT2D eigenvalue weighted by atomic mass is 16.5. The molecule has 122 valence electrons. The SMILES string of the molecule is COC(=O)c1ccc(OCc2nc(-c3ccc(C)cc3)no2)cc1. The number of esters is 1. The van der Waals surface area contributed by atoms with Crippen LogP contribution in [0.5, 0.6) is 5.75 Å². The summed E-state index contributed by atoms with van der Waals surface area (Å²) in [5, 5.41) is 3.95. The number of carbonyl (C=O) groups excluding carboxylic acids is 1. The van der Waals surface area contributed by atoms with Crippen LogP contribution in [-0.2, 0) is 11.3 Å². The van der Waals surface area contributed by atoms with Crippen molar-refractivity contribution in [2.75, 3.05) is 7.11 Å². The second kappa shape index (κ2) is 6.95. The van der Waals surface area contributed by atoms with Crippen LogP contribution in [0.3, 0.4) is 0 Å². The lowest BCUT2D eigenvalue weighted by atomic mass is 10.1. The zero-order valence-corrected chi connectivity index (χ0v) is 13.4. The molecule has 0 aliphatic heterocycles. The van der Waals surface area contributed by atoms with Crippen LogP contribution in [0.1, 0.15) is 21.8 Å². The molecule has 24 heavy (non-hydrogen) atoms. The van der Waals surface area contributed by atoms with Gasteiger partial charge in [0.1, 0.15) is 5.75 Å². The summed E-state index contributed by atoms with van der Waals surface area (Å²) >= 11 is 0. The number of aryl methyl sites for hydroxylation is 1. The molecule has 0 unspecified atom stereocenters. The van der Waals surface area contributed by atoms with E-state index >= 15 is 0 Å². The van der Waals surface area contributed by atoms with Crippen molar-refractivity contribution in [2.24, 2.45) is 0 Å². The Labute approximate surface area is 139 Å². The summed E-state index contributed by atoms with van der Waals surface area (Å²) in [4.78, 5) is 15.7. The van der Waals surface area contributed by atoms with Gasteiger partial charge in [0.05, 0.1) is 12.7 Å². The Kier molecular flexibility index (Phi) is 4.56. The number of aromatic nitrogens is 2. The number of hydrogen-bond donors (Lipinski definition) is 0. The molecular formula is C18H16N2O4. The van der Waals surface area contributed by atoms with Crippen LogP contribution < -0.4 is 4.74 Å². The van der Waals surface area contributed by atoms with Gasteiger partial charge in [-0.1, -0.05) is 35.0 Å². The molecule has 3 aromatic rings. The van der Waals surface area contributed by atoms with E-state index in [2.05, 4.69) is 14.9 Å². The van der Waals surface area contributed by atoms with E-state index in [0.29, 0.717) is 23.0 Å². The molecule has 0 spiro atoms. The van der Waals surface area contributed by atoms with Crippen molar-refractivity contribution in [2.45, 2.75) is 13.5 Å². The van der Waals surface area contributed by atoms with E-state index in [1.165, 1.54) is 12.7 Å². The smallest absolute Gasteiger partial charge is 0.337 e. The van der Waals surface area contributed by atoms with Crippen molar-refractivity contribution in [3.8, 4) is 17.1 Å². The first-order valence-corrected chi connectivity index (χ1v) is 7.36. The Bertz CT molecular complexity index is 823. The van der Waals surface area contributed by atoms with Crippen LogP contribution >= 0.6 is 0 Å². The molecule has 0 aliphatic rings. The zero-order chi connectivity index (χ0) is 16.9. The van der Waals surface area contributed by atoms with Gasteiger partial charge < -0.3 is 14.0 Å². The second-order valence-corrected chi connectivity index (χ2v) is 5.18. The van der Waals surface area contributed by atoms with E-state index < -0.39 is 0 Å². The predicted molar refractivity (Wildman–Crippen MR) is 86.6 cm³/mol. The molecule has 0 N–H and O–H groups in total. The van der Waals surface area contributed by atoms with E-state index in [1.807, 2.05) is 31.2 Å². The van der Waals surface area contributed by atoms with E-state index in [9.17, 15) is 4.79 Å². The molecule has 0 amide bonds. The first-order valence-electron chi connectivity index (χ1n) is 7.36. The van der Waals surface area contributed by atoms with Gasteiger partial charge in [-0.15, -0.1) is 0 Å². The number of methoxy groups -OCH3 is 1. The van der Waals surface area contributed by atoms with Crippen LogP contribution in [-0.4, -0.2) is 23.2 Å². The fourth-order valence-electron chi connectivity index (χ4n) is 2.08. The van der Waals surface area contributed by atoms with Gasteiger partial charge in [0.25, 0.3) is 5.89 Å². The topological polar surface area (TPSA) is 74.5 Å². The van der Waals surface area contributed by atoms with E-state index in [-0.39, 0.29) is 12.6 Å². The van der Waals surface area contributed by atoms with Crippen molar-refractivity contribution in [1.29, 1.82) is 0 Å². The summed E-state index contributed by atoms with van der Waals surface area (Å²) < 4.78 is 15.4. The number of benzene rings is 2. The van der Waals surface area contributed by atoms with Crippen LogP contribution in [0, 0.1) is 6.92 Å². The average Bonchev–Trinajstić information content (AvgIpc) is 3.09. The van der Waals surface area contributed by atoms with Crippen LogP contribution in [0.25, 0.3) is 11.4 Å². The minimum Gasteiger partial charge on any atom is -0.484 e. The maximum absolute atomic E-state index is 11.4. The summed E-state index contributed by atoms with van der Waals surface area (Å²) in [6.45, 7) is 2.17. The van der Waals surface area contributed by atoms with Gasteiger partial charge >= 0.3 is 5.97 Å². The van der Waals surface area contributed by atoms with Crippen LogP contribution in [0.15, 0.2) is 53.1 Å². The second-order valence-electron chi connectivity index (χ2n) is 5.18. The average molecular weight is 324 g/mol. The van der Waals surface area contributed by atoms with E-state index in [1.54, 1.807) is 24.3 Å². The lowest BCUT2D eigenvalue weighted by Gasteiger charge is -2.04.